The van der Waals surface area contributed by atoms with Crippen LogP contribution in [0.15, 0.2) is 42.5 Å². The number of aliphatic hydroxyl groups is 1. The van der Waals surface area contributed by atoms with Crippen LogP contribution in [0.3, 0.4) is 0 Å². The summed E-state index contributed by atoms with van der Waals surface area (Å²) in [7, 11) is 0. The van der Waals surface area contributed by atoms with Crippen molar-refractivity contribution in [1.29, 1.82) is 0 Å². The van der Waals surface area contributed by atoms with Gasteiger partial charge in [-0.05, 0) is 72.9 Å². The van der Waals surface area contributed by atoms with E-state index < -0.39 is 0 Å². The number of ether oxygens (including phenoxy) is 2. The summed E-state index contributed by atoms with van der Waals surface area (Å²) < 4.78 is 11.8. The Hall–Kier alpha value is -1.55. The van der Waals surface area contributed by atoms with Crippen LogP contribution in [-0.2, 0) is 11.2 Å². The highest BCUT2D eigenvalue weighted by Gasteiger charge is 2.36. The maximum atomic E-state index is 9.74. The van der Waals surface area contributed by atoms with Gasteiger partial charge in [0.05, 0.1) is 25.4 Å². The van der Waals surface area contributed by atoms with Gasteiger partial charge in [0.1, 0.15) is 5.75 Å². The number of halogens is 1. The van der Waals surface area contributed by atoms with Gasteiger partial charge in [-0.25, -0.2) is 0 Å². The van der Waals surface area contributed by atoms with Crippen molar-refractivity contribution >= 4 is 11.6 Å². The van der Waals surface area contributed by atoms with E-state index >= 15 is 0 Å². The minimum atomic E-state index is -0.0513. The Morgan fingerprint density at radius 3 is 2.52 bits per heavy atom. The highest BCUT2D eigenvalue weighted by molar-refractivity contribution is 6.31. The van der Waals surface area contributed by atoms with Gasteiger partial charge in [0.15, 0.2) is 0 Å². The molecule has 1 aliphatic carbocycles. The molecule has 3 unspecified atom stereocenters. The second kappa shape index (κ2) is 9.51. The van der Waals surface area contributed by atoms with Crippen molar-refractivity contribution in [2.45, 2.75) is 57.7 Å². The maximum absolute atomic E-state index is 9.74. The van der Waals surface area contributed by atoms with Crippen molar-refractivity contribution in [2.75, 3.05) is 13.2 Å². The molecule has 0 aromatic heterocycles. The van der Waals surface area contributed by atoms with Crippen LogP contribution in [0.2, 0.25) is 5.02 Å². The summed E-state index contributed by atoms with van der Waals surface area (Å²) in [5, 5.41) is 10.5. The molecule has 0 radical (unpaired) electrons. The van der Waals surface area contributed by atoms with E-state index in [0.29, 0.717) is 12.5 Å². The zero-order valence-electron chi connectivity index (χ0n) is 17.1. The smallest absolute Gasteiger partial charge is 0.119 e. The number of hydrogen-bond acceptors (Lipinski definition) is 3. The summed E-state index contributed by atoms with van der Waals surface area (Å²) in [4.78, 5) is 0. The Morgan fingerprint density at radius 1 is 1.07 bits per heavy atom. The van der Waals surface area contributed by atoms with E-state index in [9.17, 15) is 5.11 Å². The zero-order chi connectivity index (χ0) is 20.2. The second-order valence-electron chi connectivity index (χ2n) is 8.46. The van der Waals surface area contributed by atoms with Gasteiger partial charge >= 0.3 is 0 Å². The normalized spacial score (nSPS) is 24.9. The number of benzene rings is 2. The van der Waals surface area contributed by atoms with Crippen molar-refractivity contribution in [3.05, 3.63) is 64.2 Å². The van der Waals surface area contributed by atoms with Crippen molar-refractivity contribution in [1.82, 2.24) is 0 Å². The van der Waals surface area contributed by atoms with E-state index in [1.807, 2.05) is 25.1 Å². The molecular weight excluding hydrogens is 384 g/mol. The van der Waals surface area contributed by atoms with E-state index in [-0.39, 0.29) is 18.8 Å². The third-order valence-electron chi connectivity index (χ3n) is 6.53. The van der Waals surface area contributed by atoms with Crippen LogP contribution in [0.25, 0.3) is 0 Å². The molecule has 2 fully saturated rings. The highest BCUT2D eigenvalue weighted by Crippen LogP contribution is 2.45. The molecule has 3 nitrogen and oxygen atoms in total. The fourth-order valence-electron chi connectivity index (χ4n) is 4.70. The van der Waals surface area contributed by atoms with E-state index in [2.05, 4.69) is 24.3 Å². The summed E-state index contributed by atoms with van der Waals surface area (Å²) in [5.41, 5.74) is 3.50. The first-order valence-corrected chi connectivity index (χ1v) is 11.3. The first-order chi connectivity index (χ1) is 14.2. The van der Waals surface area contributed by atoms with Crippen molar-refractivity contribution in [3.8, 4) is 5.75 Å². The fourth-order valence-corrected chi connectivity index (χ4v) is 4.89. The van der Waals surface area contributed by atoms with E-state index in [4.69, 9.17) is 21.1 Å². The SMILES string of the molecule is CCOc1ccc(Cc2cc(C3CC(C4CCC4)CC(CO)O3)ccc2Cl)cc1. The highest BCUT2D eigenvalue weighted by atomic mass is 35.5. The lowest BCUT2D eigenvalue weighted by Gasteiger charge is -2.42. The summed E-state index contributed by atoms with van der Waals surface area (Å²) in [6, 6.07) is 14.5. The molecule has 156 valence electrons. The van der Waals surface area contributed by atoms with Crippen LogP contribution >= 0.6 is 11.6 Å². The van der Waals surface area contributed by atoms with Gasteiger partial charge in [-0.15, -0.1) is 0 Å². The minimum Gasteiger partial charge on any atom is -0.494 e. The fraction of sp³-hybridized carbons (Fsp3) is 0.520. The number of rotatable bonds is 7. The lowest BCUT2D eigenvalue weighted by molar-refractivity contribution is -0.107. The predicted octanol–water partition coefficient (Wildman–Crippen LogP) is 5.96. The Bertz CT molecular complexity index is 800. The van der Waals surface area contributed by atoms with Crippen LogP contribution < -0.4 is 4.74 Å². The molecule has 29 heavy (non-hydrogen) atoms. The molecule has 4 rings (SSSR count). The Balaban J connectivity index is 1.50. The minimum absolute atomic E-state index is 0.0443. The summed E-state index contributed by atoms with van der Waals surface area (Å²) >= 11 is 6.53. The average molecular weight is 415 g/mol. The van der Waals surface area contributed by atoms with Crippen LogP contribution in [-0.4, -0.2) is 24.4 Å². The standard InChI is InChI=1S/C25H31ClO3/c1-2-28-22-9-6-17(7-10-22)12-21-13-19(8-11-24(21)26)25-15-20(18-4-3-5-18)14-23(16-27)29-25/h6-11,13,18,20,23,25,27H,2-5,12,14-16H2,1H3. The number of aliphatic hydroxyl groups excluding tert-OH is 1. The Morgan fingerprint density at radius 2 is 1.86 bits per heavy atom. The third-order valence-corrected chi connectivity index (χ3v) is 6.90. The van der Waals surface area contributed by atoms with Gasteiger partial charge in [0.25, 0.3) is 0 Å². The zero-order valence-corrected chi connectivity index (χ0v) is 17.9. The quantitative estimate of drug-likeness (QED) is 0.607. The molecule has 0 bridgehead atoms. The molecule has 2 aromatic carbocycles. The largest absolute Gasteiger partial charge is 0.494 e. The molecule has 4 heteroatoms. The molecule has 3 atom stereocenters. The first kappa shape index (κ1) is 20.7. The van der Waals surface area contributed by atoms with Gasteiger partial charge in [0, 0.05) is 5.02 Å². The van der Waals surface area contributed by atoms with Gasteiger partial charge in [0.2, 0.25) is 0 Å². The third kappa shape index (κ3) is 4.96. The summed E-state index contributed by atoms with van der Waals surface area (Å²) in [6.45, 7) is 2.76. The van der Waals surface area contributed by atoms with Crippen LogP contribution in [0.4, 0.5) is 0 Å². The molecule has 1 aliphatic heterocycles. The van der Waals surface area contributed by atoms with Gasteiger partial charge in [-0.1, -0.05) is 55.1 Å². The molecule has 1 N–H and O–H groups in total. The van der Waals surface area contributed by atoms with Crippen LogP contribution in [0, 0.1) is 11.8 Å². The summed E-state index contributed by atoms with van der Waals surface area (Å²) in [5.74, 6) is 2.36. The maximum Gasteiger partial charge on any atom is 0.119 e. The molecule has 1 heterocycles. The second-order valence-corrected chi connectivity index (χ2v) is 8.86. The Labute approximate surface area is 179 Å². The van der Waals surface area contributed by atoms with Crippen LogP contribution in [0.5, 0.6) is 5.75 Å². The molecular formula is C25H31ClO3. The summed E-state index contributed by atoms with van der Waals surface area (Å²) in [6.07, 6.45) is 6.83. The molecule has 0 amide bonds. The monoisotopic (exact) mass is 414 g/mol. The lowest BCUT2D eigenvalue weighted by atomic mass is 9.70. The van der Waals surface area contributed by atoms with Gasteiger partial charge < -0.3 is 14.6 Å². The molecule has 1 saturated heterocycles. The van der Waals surface area contributed by atoms with E-state index in [1.165, 1.54) is 30.4 Å². The molecule has 2 aliphatic rings. The lowest BCUT2D eigenvalue weighted by Crippen LogP contribution is -2.36. The van der Waals surface area contributed by atoms with E-state index in [1.54, 1.807) is 0 Å². The first-order valence-electron chi connectivity index (χ1n) is 10.9. The van der Waals surface area contributed by atoms with Crippen molar-refractivity contribution in [2.24, 2.45) is 11.8 Å². The predicted molar refractivity (Wildman–Crippen MR) is 117 cm³/mol. The molecule has 0 spiro atoms. The Kier molecular flexibility index (Phi) is 6.79. The van der Waals surface area contributed by atoms with E-state index in [0.717, 1.165) is 41.5 Å². The van der Waals surface area contributed by atoms with Crippen molar-refractivity contribution < 1.29 is 14.6 Å². The number of hydrogen-bond donors (Lipinski definition) is 1. The van der Waals surface area contributed by atoms with Crippen molar-refractivity contribution in [3.63, 3.8) is 0 Å². The average Bonchev–Trinajstić information content (AvgIpc) is 2.70. The van der Waals surface area contributed by atoms with Crippen LogP contribution in [0.1, 0.15) is 61.8 Å². The molecule has 1 saturated carbocycles. The topological polar surface area (TPSA) is 38.7 Å². The molecule has 2 aromatic rings. The van der Waals surface area contributed by atoms with Gasteiger partial charge in [-0.2, -0.15) is 0 Å². The van der Waals surface area contributed by atoms with Gasteiger partial charge in [-0.3, -0.25) is 0 Å².